The van der Waals surface area contributed by atoms with Crippen LogP contribution < -0.4 is 4.74 Å². The molecule has 1 heterocycles. The average molecular weight is 454 g/mol. The van der Waals surface area contributed by atoms with Gasteiger partial charge in [-0.15, -0.1) is 0 Å². The number of thioether (sulfide) groups is 1. The Bertz CT molecular complexity index is 952. The zero-order chi connectivity index (χ0) is 23.1. The number of carbonyl (C=O) groups is 2. The number of ether oxygens (including phenoxy) is 2. The topological polar surface area (TPSA) is 55.8 Å². The fourth-order valence-electron chi connectivity index (χ4n) is 3.23. The summed E-state index contributed by atoms with van der Waals surface area (Å²) in [5, 5.41) is 0. The third-order valence-electron chi connectivity index (χ3n) is 4.79. The van der Waals surface area contributed by atoms with Gasteiger partial charge in [-0.05, 0) is 56.0 Å². The molecule has 2 aromatic rings. The number of nitrogens with zero attached hydrogens (tertiary/aromatic N) is 1. The quantitative estimate of drug-likeness (QED) is 0.336. The van der Waals surface area contributed by atoms with Gasteiger partial charge in [-0.1, -0.05) is 55.9 Å². The molecule has 0 N–H and O–H groups in total. The van der Waals surface area contributed by atoms with Gasteiger partial charge in [0, 0.05) is 18.0 Å². The monoisotopic (exact) mass is 453 g/mol. The SMILES string of the molecule is CC(C)COc1ccc(C2=C(Sc3ccccc3)C(=O)N(CCCOC(C)C)C2=O)cc1. The van der Waals surface area contributed by atoms with Crippen LogP contribution in [0, 0.1) is 5.92 Å². The molecule has 32 heavy (non-hydrogen) atoms. The maximum atomic E-state index is 13.3. The Kier molecular flexibility index (Phi) is 8.53. The second-order valence-electron chi connectivity index (χ2n) is 8.38. The Balaban J connectivity index is 1.85. The van der Waals surface area contributed by atoms with E-state index in [9.17, 15) is 9.59 Å². The van der Waals surface area contributed by atoms with E-state index in [2.05, 4.69) is 13.8 Å². The summed E-state index contributed by atoms with van der Waals surface area (Å²) in [5.41, 5.74) is 1.17. The van der Waals surface area contributed by atoms with Crippen molar-refractivity contribution in [2.24, 2.45) is 5.92 Å². The summed E-state index contributed by atoms with van der Waals surface area (Å²) in [5.74, 6) is 0.672. The summed E-state index contributed by atoms with van der Waals surface area (Å²) in [6.07, 6.45) is 0.725. The third-order valence-corrected chi connectivity index (χ3v) is 5.88. The normalized spacial score (nSPS) is 14.2. The number of rotatable bonds is 11. The highest BCUT2D eigenvalue weighted by Gasteiger charge is 2.39. The zero-order valence-electron chi connectivity index (χ0n) is 19.2. The number of benzene rings is 2. The number of hydrogen-bond acceptors (Lipinski definition) is 5. The van der Waals surface area contributed by atoms with Crippen LogP contribution in [0.4, 0.5) is 0 Å². The summed E-state index contributed by atoms with van der Waals surface area (Å²) >= 11 is 1.34. The van der Waals surface area contributed by atoms with E-state index in [-0.39, 0.29) is 17.9 Å². The van der Waals surface area contributed by atoms with Crippen molar-refractivity contribution in [1.82, 2.24) is 4.90 Å². The first-order valence-electron chi connectivity index (χ1n) is 11.0. The molecule has 2 aromatic carbocycles. The van der Waals surface area contributed by atoms with Crippen LogP contribution in [0.25, 0.3) is 5.57 Å². The second kappa shape index (κ2) is 11.3. The predicted octanol–water partition coefficient (Wildman–Crippen LogP) is 5.41. The smallest absolute Gasteiger partial charge is 0.268 e. The van der Waals surface area contributed by atoms with Gasteiger partial charge in [-0.2, -0.15) is 0 Å². The average Bonchev–Trinajstić information content (AvgIpc) is 3.00. The molecule has 2 amide bonds. The van der Waals surface area contributed by atoms with Crippen molar-refractivity contribution in [1.29, 1.82) is 0 Å². The van der Waals surface area contributed by atoms with E-state index in [0.717, 1.165) is 16.2 Å². The van der Waals surface area contributed by atoms with Gasteiger partial charge >= 0.3 is 0 Å². The first kappa shape index (κ1) is 24.1. The van der Waals surface area contributed by atoms with E-state index in [0.29, 0.717) is 42.6 Å². The van der Waals surface area contributed by atoms with Crippen molar-refractivity contribution in [2.75, 3.05) is 19.8 Å². The second-order valence-corrected chi connectivity index (χ2v) is 9.47. The lowest BCUT2D eigenvalue weighted by atomic mass is 10.1. The molecule has 5 nitrogen and oxygen atoms in total. The first-order chi connectivity index (χ1) is 15.4. The first-order valence-corrected chi connectivity index (χ1v) is 11.9. The van der Waals surface area contributed by atoms with Gasteiger partial charge in [0.05, 0.1) is 23.2 Å². The van der Waals surface area contributed by atoms with Gasteiger partial charge in [0.1, 0.15) is 5.75 Å². The van der Waals surface area contributed by atoms with Gasteiger partial charge in [-0.3, -0.25) is 14.5 Å². The van der Waals surface area contributed by atoms with Crippen molar-refractivity contribution >= 4 is 29.1 Å². The summed E-state index contributed by atoms with van der Waals surface area (Å²) in [6, 6.07) is 17.1. The molecule has 0 saturated carbocycles. The van der Waals surface area contributed by atoms with E-state index in [1.54, 1.807) is 0 Å². The Morgan fingerprint density at radius 3 is 2.22 bits per heavy atom. The standard InChI is InChI=1S/C26H31NO4S/c1-18(2)17-31-21-13-11-20(12-14-21)23-24(32-22-9-6-5-7-10-22)26(29)27(25(23)28)15-8-16-30-19(3)4/h5-7,9-14,18-19H,8,15-17H2,1-4H3. The molecule has 0 atom stereocenters. The molecule has 0 spiro atoms. The molecule has 0 saturated heterocycles. The van der Waals surface area contributed by atoms with Crippen molar-refractivity contribution in [3.63, 3.8) is 0 Å². The van der Waals surface area contributed by atoms with Crippen LogP contribution in [-0.2, 0) is 14.3 Å². The predicted molar refractivity (Wildman–Crippen MR) is 128 cm³/mol. The molecule has 0 radical (unpaired) electrons. The number of amides is 2. The lowest BCUT2D eigenvalue weighted by molar-refractivity contribution is -0.136. The molecule has 0 aromatic heterocycles. The lowest BCUT2D eigenvalue weighted by Gasteiger charge is -2.16. The molecule has 0 unspecified atom stereocenters. The molecule has 170 valence electrons. The van der Waals surface area contributed by atoms with Crippen LogP contribution in [0.1, 0.15) is 39.7 Å². The van der Waals surface area contributed by atoms with Crippen molar-refractivity contribution in [3.05, 3.63) is 65.1 Å². The Morgan fingerprint density at radius 1 is 0.906 bits per heavy atom. The molecule has 1 aliphatic heterocycles. The molecule has 3 rings (SSSR count). The number of imide groups is 1. The van der Waals surface area contributed by atoms with Crippen molar-refractivity contribution in [2.45, 2.75) is 45.1 Å². The fourth-order valence-corrected chi connectivity index (χ4v) is 4.27. The van der Waals surface area contributed by atoms with E-state index in [1.165, 1.54) is 16.7 Å². The largest absolute Gasteiger partial charge is 0.493 e. The minimum Gasteiger partial charge on any atom is -0.493 e. The van der Waals surface area contributed by atoms with Crippen LogP contribution in [0.3, 0.4) is 0 Å². The zero-order valence-corrected chi connectivity index (χ0v) is 20.0. The number of hydrogen-bond donors (Lipinski definition) is 0. The molecule has 0 aliphatic carbocycles. The van der Waals surface area contributed by atoms with E-state index < -0.39 is 0 Å². The van der Waals surface area contributed by atoms with E-state index >= 15 is 0 Å². The van der Waals surface area contributed by atoms with E-state index in [4.69, 9.17) is 9.47 Å². The molecule has 0 bridgehead atoms. The van der Waals surface area contributed by atoms with Gasteiger partial charge in [0.25, 0.3) is 11.8 Å². The molecule has 0 fully saturated rings. The minimum absolute atomic E-state index is 0.120. The van der Waals surface area contributed by atoms with Crippen LogP contribution in [0.2, 0.25) is 0 Å². The van der Waals surface area contributed by atoms with Gasteiger partial charge < -0.3 is 9.47 Å². The van der Waals surface area contributed by atoms with Gasteiger partial charge in [0.15, 0.2) is 0 Å². The molecular formula is C26H31NO4S. The third kappa shape index (κ3) is 6.24. The maximum Gasteiger partial charge on any atom is 0.268 e. The van der Waals surface area contributed by atoms with Gasteiger partial charge in [0.2, 0.25) is 0 Å². The highest BCUT2D eigenvalue weighted by atomic mass is 32.2. The molecule has 6 heteroatoms. The Morgan fingerprint density at radius 2 is 1.59 bits per heavy atom. The highest BCUT2D eigenvalue weighted by Crippen LogP contribution is 2.40. The Hall–Kier alpha value is -2.57. The summed E-state index contributed by atoms with van der Waals surface area (Å²) in [4.78, 5) is 29.3. The van der Waals surface area contributed by atoms with Crippen molar-refractivity contribution < 1.29 is 19.1 Å². The van der Waals surface area contributed by atoms with Crippen molar-refractivity contribution in [3.8, 4) is 5.75 Å². The van der Waals surface area contributed by atoms with Crippen LogP contribution in [0.15, 0.2) is 64.4 Å². The van der Waals surface area contributed by atoms with Crippen LogP contribution >= 0.6 is 11.8 Å². The van der Waals surface area contributed by atoms with Gasteiger partial charge in [-0.25, -0.2) is 0 Å². The lowest BCUT2D eigenvalue weighted by Crippen LogP contribution is -2.33. The summed E-state index contributed by atoms with van der Waals surface area (Å²) in [7, 11) is 0. The van der Waals surface area contributed by atoms with Crippen LogP contribution in [0.5, 0.6) is 5.75 Å². The fraction of sp³-hybridized carbons (Fsp3) is 0.385. The summed E-state index contributed by atoms with van der Waals surface area (Å²) < 4.78 is 11.3. The highest BCUT2D eigenvalue weighted by molar-refractivity contribution is 8.04. The maximum absolute atomic E-state index is 13.3. The van der Waals surface area contributed by atoms with E-state index in [1.807, 2.05) is 68.4 Å². The number of carbonyl (C=O) groups excluding carboxylic acids is 2. The summed E-state index contributed by atoms with van der Waals surface area (Å²) in [6.45, 7) is 9.59. The minimum atomic E-state index is -0.256. The Labute approximate surface area is 194 Å². The molecular weight excluding hydrogens is 422 g/mol. The molecule has 1 aliphatic rings. The van der Waals surface area contributed by atoms with Crippen LogP contribution in [-0.4, -0.2) is 42.6 Å².